The largest absolute Gasteiger partial charge is 0.354 e. The molecule has 5 heterocycles. The highest BCUT2D eigenvalue weighted by molar-refractivity contribution is 14.1. The van der Waals surface area contributed by atoms with E-state index in [-0.39, 0.29) is 11.1 Å². The number of aromatic nitrogens is 3. The van der Waals surface area contributed by atoms with Gasteiger partial charge >= 0.3 is 0 Å². The van der Waals surface area contributed by atoms with Gasteiger partial charge in [-0.25, -0.2) is 31.9 Å². The van der Waals surface area contributed by atoms with Gasteiger partial charge in [-0.1, -0.05) is 0 Å². The van der Waals surface area contributed by atoms with Crippen LogP contribution in [0, 0.1) is 39.8 Å². The van der Waals surface area contributed by atoms with E-state index >= 15 is 8.78 Å². The Morgan fingerprint density at radius 3 is 1.61 bits per heavy atom. The van der Waals surface area contributed by atoms with E-state index in [0.717, 1.165) is 34.6 Å². The van der Waals surface area contributed by atoms with Gasteiger partial charge in [-0.3, -0.25) is 0 Å². The maximum absolute atomic E-state index is 15.1. The molecule has 1 aromatic carbocycles. The molecule has 38 heavy (non-hydrogen) atoms. The lowest BCUT2D eigenvalue weighted by Crippen LogP contribution is -2.04. The summed E-state index contributed by atoms with van der Waals surface area (Å²) in [5.74, 6) is -10.0. The lowest BCUT2D eigenvalue weighted by atomic mass is 10.0. The second-order valence-electron chi connectivity index (χ2n) is 8.14. The molecule has 0 fully saturated rings. The zero-order valence-corrected chi connectivity index (χ0v) is 25.7. The smallest absolute Gasteiger partial charge is 0.200 e. The minimum atomic E-state index is -2.20. The Morgan fingerprint density at radius 2 is 1.00 bits per heavy atom. The van der Waals surface area contributed by atoms with E-state index in [1.54, 1.807) is 24.3 Å². The molecular formula is C26H9F5I3N3S. The zero-order valence-electron chi connectivity index (χ0n) is 18.4. The van der Waals surface area contributed by atoms with Crippen LogP contribution in [-0.4, -0.2) is 15.0 Å². The molecule has 0 atom stereocenters. The Balaban J connectivity index is 1.83. The minimum Gasteiger partial charge on any atom is -0.354 e. The van der Waals surface area contributed by atoms with E-state index in [2.05, 4.69) is 72.8 Å². The lowest BCUT2D eigenvalue weighted by molar-refractivity contribution is 0.381. The highest BCUT2D eigenvalue weighted by Crippen LogP contribution is 2.40. The first-order valence-corrected chi connectivity index (χ1v) is 14.8. The SMILES string of the molecule is Fc1c(F)c(F)c(-c2c3ccc([nH]3)c(I)c3nc(c(I)c4nc(c(I)c5ccc2s5)C=C4)C=C3)c(F)c1F. The van der Waals surface area contributed by atoms with Gasteiger partial charge < -0.3 is 4.98 Å². The monoisotopic (exact) mass is 871 g/mol. The second kappa shape index (κ2) is 9.92. The number of nitrogens with zero attached hydrogens (tertiary/aromatic N) is 2. The zero-order chi connectivity index (χ0) is 26.9. The standard InChI is InChI=1S/C26H9F5I3N3S/c27-19-18(20(28)22(30)23(31)21(19)29)17-9-1-2-10(35-9)24(32)11-3-4-12(36-11)25(33)13-5-6-14(37-13)26(34)16-8-7-15(17)38-16/h1-8,35H. The Kier molecular flexibility index (Phi) is 6.87. The molecule has 12 heteroatoms. The van der Waals surface area contributed by atoms with Crippen molar-refractivity contribution >= 4 is 124 Å². The third-order valence-corrected chi connectivity index (χ3v) is 10.8. The first-order valence-electron chi connectivity index (χ1n) is 10.7. The Morgan fingerprint density at radius 1 is 0.526 bits per heavy atom. The van der Waals surface area contributed by atoms with E-state index in [1.807, 2.05) is 24.3 Å². The van der Waals surface area contributed by atoms with Crippen LogP contribution in [0.25, 0.3) is 55.9 Å². The number of hydrogen-bond donors (Lipinski definition) is 1. The average Bonchev–Trinajstić information content (AvgIpc) is 3.73. The van der Waals surface area contributed by atoms with Gasteiger partial charge in [-0.05, 0) is 116 Å². The lowest BCUT2D eigenvalue weighted by Gasteiger charge is -2.09. The van der Waals surface area contributed by atoms with Crippen LogP contribution >= 0.6 is 79.1 Å². The van der Waals surface area contributed by atoms with Gasteiger partial charge in [0, 0.05) is 20.5 Å². The van der Waals surface area contributed by atoms with Gasteiger partial charge in [0.1, 0.15) is 0 Å². The van der Waals surface area contributed by atoms with Crippen LogP contribution in [0.1, 0.15) is 22.8 Å². The number of hydrogen-bond acceptors (Lipinski definition) is 3. The van der Waals surface area contributed by atoms with Crippen molar-refractivity contribution in [3.8, 4) is 11.1 Å². The third-order valence-electron chi connectivity index (χ3n) is 5.90. The maximum Gasteiger partial charge on any atom is 0.200 e. The van der Waals surface area contributed by atoms with Crippen molar-refractivity contribution < 1.29 is 22.0 Å². The first-order chi connectivity index (χ1) is 18.2. The fourth-order valence-corrected chi connectivity index (χ4v) is 7.13. The van der Waals surface area contributed by atoms with Gasteiger partial charge in [0.15, 0.2) is 23.3 Å². The number of nitrogens with one attached hydrogen (secondary N) is 1. The number of halogens is 8. The molecule has 6 rings (SSSR count). The van der Waals surface area contributed by atoms with E-state index < -0.39 is 34.6 Å². The van der Waals surface area contributed by atoms with Gasteiger partial charge in [-0.2, -0.15) is 0 Å². The van der Waals surface area contributed by atoms with Crippen LogP contribution in [0.3, 0.4) is 0 Å². The Hall–Kier alpha value is -1.92. The summed E-state index contributed by atoms with van der Waals surface area (Å²) in [6.45, 7) is 0. The van der Waals surface area contributed by atoms with Gasteiger partial charge in [0.2, 0.25) is 5.82 Å². The van der Waals surface area contributed by atoms with Crippen LogP contribution in [0.15, 0.2) is 24.3 Å². The van der Waals surface area contributed by atoms with Crippen molar-refractivity contribution in [1.29, 1.82) is 0 Å². The molecule has 0 aliphatic carbocycles. The van der Waals surface area contributed by atoms with Crippen LogP contribution in [0.4, 0.5) is 22.0 Å². The predicted octanol–water partition coefficient (Wildman–Crippen LogP) is 9.57. The predicted molar refractivity (Wildman–Crippen MR) is 166 cm³/mol. The molecule has 0 saturated heterocycles. The van der Waals surface area contributed by atoms with E-state index in [9.17, 15) is 13.2 Å². The summed E-state index contributed by atoms with van der Waals surface area (Å²) in [6, 6.07) is 6.57. The Labute approximate surface area is 256 Å². The number of H-pyrrole nitrogens is 1. The van der Waals surface area contributed by atoms with Crippen LogP contribution in [-0.2, 0) is 0 Å². The summed E-state index contributed by atoms with van der Waals surface area (Å²) in [6.07, 6.45) is 7.46. The van der Waals surface area contributed by atoms with Crippen LogP contribution in [0.2, 0.25) is 0 Å². The molecule has 0 amide bonds. The highest BCUT2D eigenvalue weighted by Gasteiger charge is 2.28. The van der Waals surface area contributed by atoms with Crippen molar-refractivity contribution in [2.45, 2.75) is 0 Å². The minimum absolute atomic E-state index is 0.143. The molecule has 8 bridgehead atoms. The normalized spacial score (nSPS) is 12.5. The molecule has 0 spiro atoms. The summed E-state index contributed by atoms with van der Waals surface area (Å²) in [5, 5.41) is 0. The first kappa shape index (κ1) is 26.3. The molecule has 190 valence electrons. The van der Waals surface area contributed by atoms with E-state index in [4.69, 9.17) is 9.97 Å². The van der Waals surface area contributed by atoms with E-state index in [0.29, 0.717) is 25.2 Å². The summed E-state index contributed by atoms with van der Waals surface area (Å²) < 4.78 is 76.1. The van der Waals surface area contributed by atoms with Gasteiger partial charge in [0.25, 0.3) is 0 Å². The van der Waals surface area contributed by atoms with Crippen molar-refractivity contribution in [2.75, 3.05) is 0 Å². The Bertz CT molecular complexity index is 1800. The second-order valence-corrected chi connectivity index (χ2v) is 12.5. The molecule has 2 aliphatic rings. The number of fused-ring (bicyclic) bond motifs is 8. The molecular weight excluding hydrogens is 862 g/mol. The molecule has 0 unspecified atom stereocenters. The quantitative estimate of drug-likeness (QED) is 0.0775. The molecule has 1 N–H and O–H groups in total. The summed E-state index contributed by atoms with van der Waals surface area (Å²) in [4.78, 5) is 12.6. The fraction of sp³-hybridized carbons (Fsp3) is 0. The van der Waals surface area contributed by atoms with Gasteiger partial charge in [0.05, 0.1) is 44.6 Å². The van der Waals surface area contributed by atoms with E-state index in [1.165, 1.54) is 0 Å². The molecule has 0 saturated carbocycles. The van der Waals surface area contributed by atoms with Crippen LogP contribution < -0.4 is 0 Å². The van der Waals surface area contributed by atoms with Crippen LogP contribution in [0.5, 0.6) is 0 Å². The number of benzene rings is 1. The molecule has 3 nitrogen and oxygen atoms in total. The van der Waals surface area contributed by atoms with Crippen molar-refractivity contribution in [3.05, 3.63) is 86.8 Å². The summed E-state index contributed by atoms with van der Waals surface area (Å²) >= 11 is 7.61. The molecule has 3 aromatic heterocycles. The number of thiophene rings is 1. The number of rotatable bonds is 1. The number of aromatic amines is 1. The molecule has 4 aromatic rings. The van der Waals surface area contributed by atoms with Crippen molar-refractivity contribution in [3.63, 3.8) is 0 Å². The van der Waals surface area contributed by atoms with Gasteiger partial charge in [-0.15, -0.1) is 11.3 Å². The summed E-state index contributed by atoms with van der Waals surface area (Å²) in [5.41, 5.74) is 2.43. The third kappa shape index (κ3) is 4.21. The molecule has 0 radical (unpaired) electrons. The maximum atomic E-state index is 15.1. The average molecular weight is 871 g/mol. The molecule has 2 aliphatic heterocycles. The summed E-state index contributed by atoms with van der Waals surface area (Å²) in [7, 11) is 0. The van der Waals surface area contributed by atoms with Crippen molar-refractivity contribution in [2.24, 2.45) is 0 Å². The van der Waals surface area contributed by atoms with Crippen molar-refractivity contribution in [1.82, 2.24) is 15.0 Å². The fourth-order valence-electron chi connectivity index (χ4n) is 4.08. The highest BCUT2D eigenvalue weighted by atomic mass is 127. The topological polar surface area (TPSA) is 41.6 Å².